The summed E-state index contributed by atoms with van der Waals surface area (Å²) in [5.74, 6) is 0.986. The Morgan fingerprint density at radius 2 is 1.85 bits per heavy atom. The lowest BCUT2D eigenvalue weighted by molar-refractivity contribution is -0.117. The van der Waals surface area contributed by atoms with E-state index in [1.54, 1.807) is 7.05 Å². The number of aliphatic imine (C=N–C) groups is 1. The molecule has 3 rings (SSSR count). The van der Waals surface area contributed by atoms with Gasteiger partial charge in [0.2, 0.25) is 5.91 Å². The molecule has 1 aliphatic heterocycles. The van der Waals surface area contributed by atoms with Crippen LogP contribution in [0.25, 0.3) is 0 Å². The van der Waals surface area contributed by atoms with Crippen LogP contribution in [-0.2, 0) is 17.8 Å². The van der Waals surface area contributed by atoms with Gasteiger partial charge in [-0.3, -0.25) is 9.79 Å². The molecule has 5 nitrogen and oxygen atoms in total. The number of hydrogen-bond donors (Lipinski definition) is 1. The van der Waals surface area contributed by atoms with Gasteiger partial charge in [-0.25, -0.2) is 0 Å². The van der Waals surface area contributed by atoms with Crippen LogP contribution in [0.2, 0.25) is 0 Å². The number of guanidine groups is 1. The normalized spacial score (nSPS) is 13.2. The summed E-state index contributed by atoms with van der Waals surface area (Å²) >= 11 is 0. The lowest BCUT2D eigenvalue weighted by atomic mass is 10.2. The van der Waals surface area contributed by atoms with Crippen LogP contribution >= 0.6 is 24.0 Å². The average molecular weight is 464 g/mol. The van der Waals surface area contributed by atoms with E-state index in [1.165, 1.54) is 5.56 Å². The van der Waals surface area contributed by atoms with Gasteiger partial charge in [-0.05, 0) is 17.2 Å². The fraction of sp³-hybridized carbons (Fsp3) is 0.300. The molecule has 6 heteroatoms. The Morgan fingerprint density at radius 3 is 2.58 bits per heavy atom. The highest BCUT2D eigenvalue weighted by molar-refractivity contribution is 14.0. The number of fused-ring (bicyclic) bond motifs is 1. The first kappa shape index (κ1) is 20.2. The number of para-hydroxylation sites is 1. The summed E-state index contributed by atoms with van der Waals surface area (Å²) in [6.07, 6.45) is 0.499. The first-order valence-corrected chi connectivity index (χ1v) is 8.53. The van der Waals surface area contributed by atoms with E-state index in [0.717, 1.165) is 23.8 Å². The standard InChI is InChI=1S/C20H24N4O.HI/c1-21-20(23(2)15-16-8-4-3-5-9-16)22-12-13-24-18-11-7-6-10-17(18)14-19(24)25;/h3-11H,12-15H2,1-2H3,(H,21,22);1H. The van der Waals surface area contributed by atoms with Crippen molar-refractivity contribution in [1.29, 1.82) is 0 Å². The van der Waals surface area contributed by atoms with E-state index in [0.29, 0.717) is 19.5 Å². The highest BCUT2D eigenvalue weighted by Gasteiger charge is 2.26. The molecule has 0 atom stereocenters. The molecule has 0 fully saturated rings. The van der Waals surface area contributed by atoms with Gasteiger partial charge in [-0.15, -0.1) is 24.0 Å². The summed E-state index contributed by atoms with van der Waals surface area (Å²) in [6, 6.07) is 18.3. The molecular formula is C20H25IN4O. The quantitative estimate of drug-likeness (QED) is 0.421. The third kappa shape index (κ3) is 4.75. The Morgan fingerprint density at radius 1 is 1.15 bits per heavy atom. The molecule has 1 aliphatic rings. The molecule has 2 aromatic carbocycles. The lowest BCUT2D eigenvalue weighted by Crippen LogP contribution is -2.42. The molecule has 138 valence electrons. The van der Waals surface area contributed by atoms with E-state index in [-0.39, 0.29) is 29.9 Å². The van der Waals surface area contributed by atoms with Gasteiger partial charge in [-0.1, -0.05) is 48.5 Å². The predicted octanol–water partition coefficient (Wildman–Crippen LogP) is 2.90. The highest BCUT2D eigenvalue weighted by atomic mass is 127. The minimum atomic E-state index is 0. The zero-order valence-corrected chi connectivity index (χ0v) is 17.5. The number of amides is 1. The van der Waals surface area contributed by atoms with Crippen LogP contribution in [0.1, 0.15) is 11.1 Å². The Kier molecular flexibility index (Phi) is 7.44. The number of carbonyl (C=O) groups is 1. The molecule has 0 spiro atoms. The van der Waals surface area contributed by atoms with E-state index in [4.69, 9.17) is 0 Å². The number of carbonyl (C=O) groups excluding carboxylic acids is 1. The third-order valence-electron chi connectivity index (χ3n) is 4.38. The zero-order chi connectivity index (χ0) is 17.6. The SMILES string of the molecule is CN=C(NCCN1C(=O)Cc2ccccc21)N(C)Cc1ccccc1.I. The molecule has 0 radical (unpaired) electrons. The van der Waals surface area contributed by atoms with Crippen LogP contribution in [-0.4, -0.2) is 44.0 Å². The zero-order valence-electron chi connectivity index (χ0n) is 15.2. The van der Waals surface area contributed by atoms with Gasteiger partial charge in [0.15, 0.2) is 5.96 Å². The van der Waals surface area contributed by atoms with Gasteiger partial charge in [0.05, 0.1) is 6.42 Å². The fourth-order valence-corrected chi connectivity index (χ4v) is 3.16. The van der Waals surface area contributed by atoms with Crippen molar-refractivity contribution in [2.24, 2.45) is 4.99 Å². The molecule has 0 saturated heterocycles. The highest BCUT2D eigenvalue weighted by Crippen LogP contribution is 2.27. The molecule has 26 heavy (non-hydrogen) atoms. The lowest BCUT2D eigenvalue weighted by Gasteiger charge is -2.24. The molecule has 0 bridgehead atoms. The summed E-state index contributed by atoms with van der Waals surface area (Å²) in [5, 5.41) is 3.35. The van der Waals surface area contributed by atoms with Crippen molar-refractivity contribution in [2.45, 2.75) is 13.0 Å². The predicted molar refractivity (Wildman–Crippen MR) is 117 cm³/mol. The summed E-state index contributed by atoms with van der Waals surface area (Å²) in [4.78, 5) is 20.5. The van der Waals surface area contributed by atoms with E-state index in [2.05, 4.69) is 27.3 Å². The van der Waals surface area contributed by atoms with E-state index in [9.17, 15) is 4.79 Å². The third-order valence-corrected chi connectivity index (χ3v) is 4.38. The van der Waals surface area contributed by atoms with Crippen molar-refractivity contribution < 1.29 is 4.79 Å². The molecule has 2 aromatic rings. The van der Waals surface area contributed by atoms with E-state index >= 15 is 0 Å². The molecule has 0 aliphatic carbocycles. The van der Waals surface area contributed by atoms with Crippen molar-refractivity contribution in [1.82, 2.24) is 10.2 Å². The Labute approximate surface area is 172 Å². The maximum atomic E-state index is 12.2. The van der Waals surface area contributed by atoms with Crippen LogP contribution in [0.15, 0.2) is 59.6 Å². The topological polar surface area (TPSA) is 47.9 Å². The summed E-state index contributed by atoms with van der Waals surface area (Å²) in [7, 11) is 3.79. The number of anilines is 1. The number of benzene rings is 2. The van der Waals surface area contributed by atoms with Crippen LogP contribution in [0.3, 0.4) is 0 Å². The number of nitrogens with zero attached hydrogens (tertiary/aromatic N) is 3. The first-order valence-electron chi connectivity index (χ1n) is 8.53. The maximum absolute atomic E-state index is 12.2. The fourth-order valence-electron chi connectivity index (χ4n) is 3.16. The van der Waals surface area contributed by atoms with Crippen LogP contribution in [0, 0.1) is 0 Å². The Hall–Kier alpha value is -2.09. The number of nitrogens with one attached hydrogen (secondary N) is 1. The maximum Gasteiger partial charge on any atom is 0.231 e. The van der Waals surface area contributed by atoms with Crippen molar-refractivity contribution in [2.75, 3.05) is 32.1 Å². The largest absolute Gasteiger partial charge is 0.354 e. The Bertz CT molecular complexity index is 763. The number of rotatable bonds is 5. The van der Waals surface area contributed by atoms with Crippen LogP contribution < -0.4 is 10.2 Å². The monoisotopic (exact) mass is 464 g/mol. The van der Waals surface area contributed by atoms with E-state index < -0.39 is 0 Å². The second-order valence-electron chi connectivity index (χ2n) is 6.17. The van der Waals surface area contributed by atoms with Crippen LogP contribution in [0.5, 0.6) is 0 Å². The second kappa shape index (κ2) is 9.56. The Balaban J connectivity index is 0.00000243. The summed E-state index contributed by atoms with van der Waals surface area (Å²) in [5.41, 5.74) is 3.37. The summed E-state index contributed by atoms with van der Waals surface area (Å²) < 4.78 is 0. The first-order chi connectivity index (χ1) is 12.2. The van der Waals surface area contributed by atoms with Crippen LogP contribution in [0.4, 0.5) is 5.69 Å². The number of hydrogen-bond acceptors (Lipinski definition) is 2. The minimum absolute atomic E-state index is 0. The minimum Gasteiger partial charge on any atom is -0.354 e. The van der Waals surface area contributed by atoms with E-state index in [1.807, 2.05) is 54.4 Å². The van der Waals surface area contributed by atoms with Gasteiger partial charge >= 0.3 is 0 Å². The van der Waals surface area contributed by atoms with Crippen molar-refractivity contribution in [3.8, 4) is 0 Å². The molecule has 0 saturated carbocycles. The van der Waals surface area contributed by atoms with Gasteiger partial charge in [0.1, 0.15) is 0 Å². The van der Waals surface area contributed by atoms with Gasteiger partial charge in [0.25, 0.3) is 0 Å². The van der Waals surface area contributed by atoms with Crippen molar-refractivity contribution in [3.05, 3.63) is 65.7 Å². The smallest absolute Gasteiger partial charge is 0.231 e. The van der Waals surface area contributed by atoms with Gasteiger partial charge < -0.3 is 15.1 Å². The van der Waals surface area contributed by atoms with Gasteiger partial charge in [-0.2, -0.15) is 0 Å². The molecule has 1 N–H and O–H groups in total. The molecular weight excluding hydrogens is 439 g/mol. The average Bonchev–Trinajstić information content (AvgIpc) is 2.95. The van der Waals surface area contributed by atoms with Crippen molar-refractivity contribution >= 4 is 41.5 Å². The second-order valence-corrected chi connectivity index (χ2v) is 6.17. The number of halogens is 1. The molecule has 0 aromatic heterocycles. The molecule has 1 heterocycles. The molecule has 0 unspecified atom stereocenters. The van der Waals surface area contributed by atoms with Crippen molar-refractivity contribution in [3.63, 3.8) is 0 Å². The van der Waals surface area contributed by atoms with Gasteiger partial charge in [0, 0.05) is 39.4 Å². The summed E-state index contributed by atoms with van der Waals surface area (Å²) in [6.45, 7) is 2.08. The molecule has 1 amide bonds.